The van der Waals surface area contributed by atoms with Crippen molar-refractivity contribution in [2.75, 3.05) is 12.3 Å². The number of nitrogen functional groups attached to an aromatic ring is 1. The molecule has 1 heterocycles. The third-order valence-corrected chi connectivity index (χ3v) is 2.63. The second-order valence-corrected chi connectivity index (χ2v) is 3.92. The molecule has 2 N–H and O–H groups in total. The average Bonchev–Trinajstić information content (AvgIpc) is 2.34. The summed E-state index contributed by atoms with van der Waals surface area (Å²) in [5.74, 6) is 0.696. The number of rotatable bonds is 4. The molecule has 2 aromatic rings. The number of aryl methyl sites for hydroxylation is 1. The first-order valence-electron chi connectivity index (χ1n) is 5.65. The maximum absolute atomic E-state index is 5.86. The highest BCUT2D eigenvalue weighted by Gasteiger charge is 2.01. The Kier molecular flexibility index (Phi) is 3.60. The van der Waals surface area contributed by atoms with Crippen LogP contribution in [0.4, 0.5) is 5.69 Å². The number of benzene rings is 1. The van der Waals surface area contributed by atoms with Gasteiger partial charge in [0.25, 0.3) is 0 Å². The number of aromatic nitrogens is 1. The van der Waals surface area contributed by atoms with Gasteiger partial charge < -0.3 is 10.5 Å². The van der Waals surface area contributed by atoms with E-state index in [1.807, 2.05) is 43.3 Å². The first-order valence-corrected chi connectivity index (χ1v) is 5.65. The van der Waals surface area contributed by atoms with Crippen molar-refractivity contribution in [3.8, 4) is 5.88 Å². The van der Waals surface area contributed by atoms with Crippen molar-refractivity contribution in [3.63, 3.8) is 0 Å². The number of pyridine rings is 1. The minimum Gasteiger partial charge on any atom is -0.477 e. The number of hydrogen-bond donors (Lipinski definition) is 1. The summed E-state index contributed by atoms with van der Waals surface area (Å²) in [4.78, 5) is 4.18. The predicted molar refractivity (Wildman–Crippen MR) is 69.0 cm³/mol. The normalized spacial score (nSPS) is 10.2. The fraction of sp³-hybridized carbons (Fsp3) is 0.214. The van der Waals surface area contributed by atoms with Crippen LogP contribution in [0.15, 0.2) is 42.6 Å². The molecule has 0 aliphatic heterocycles. The lowest BCUT2D eigenvalue weighted by molar-refractivity contribution is 0.307. The van der Waals surface area contributed by atoms with Crippen LogP contribution in [0, 0.1) is 6.92 Å². The van der Waals surface area contributed by atoms with Crippen molar-refractivity contribution in [1.82, 2.24) is 4.98 Å². The van der Waals surface area contributed by atoms with Gasteiger partial charge in [0, 0.05) is 23.9 Å². The van der Waals surface area contributed by atoms with E-state index in [0.717, 1.165) is 23.2 Å². The van der Waals surface area contributed by atoms with E-state index in [9.17, 15) is 0 Å². The highest BCUT2D eigenvalue weighted by atomic mass is 16.5. The van der Waals surface area contributed by atoms with Gasteiger partial charge in [-0.3, -0.25) is 0 Å². The first kappa shape index (κ1) is 11.5. The van der Waals surface area contributed by atoms with Gasteiger partial charge in [0.15, 0.2) is 0 Å². The molecule has 1 aromatic heterocycles. The summed E-state index contributed by atoms with van der Waals surface area (Å²) in [6.45, 7) is 2.57. The van der Waals surface area contributed by atoms with Crippen LogP contribution >= 0.6 is 0 Å². The van der Waals surface area contributed by atoms with Crippen LogP contribution in [0.2, 0.25) is 0 Å². The molecule has 17 heavy (non-hydrogen) atoms. The molecule has 2 rings (SSSR count). The van der Waals surface area contributed by atoms with Gasteiger partial charge >= 0.3 is 0 Å². The zero-order valence-corrected chi connectivity index (χ0v) is 9.89. The van der Waals surface area contributed by atoms with E-state index < -0.39 is 0 Å². The Labute approximate surface area is 101 Å². The van der Waals surface area contributed by atoms with E-state index in [1.165, 1.54) is 0 Å². The third-order valence-electron chi connectivity index (χ3n) is 2.63. The highest BCUT2D eigenvalue weighted by molar-refractivity contribution is 5.46. The standard InChI is InChI=1S/C14H16N2O/c1-11-5-4-9-16-14(11)17-10-8-12-6-2-3-7-13(12)15/h2-7,9H,8,10,15H2,1H3. The quantitative estimate of drug-likeness (QED) is 0.818. The summed E-state index contributed by atoms with van der Waals surface area (Å²) in [7, 11) is 0. The molecule has 0 fully saturated rings. The first-order chi connectivity index (χ1) is 8.27. The summed E-state index contributed by atoms with van der Waals surface area (Å²) in [6, 6.07) is 11.7. The fourth-order valence-electron chi connectivity index (χ4n) is 1.64. The Morgan fingerprint density at radius 3 is 2.76 bits per heavy atom. The van der Waals surface area contributed by atoms with E-state index in [0.29, 0.717) is 12.5 Å². The summed E-state index contributed by atoms with van der Waals surface area (Å²) in [5, 5.41) is 0. The molecule has 3 heteroatoms. The Hall–Kier alpha value is -2.03. The molecule has 0 saturated heterocycles. The summed E-state index contributed by atoms with van der Waals surface area (Å²) < 4.78 is 5.63. The van der Waals surface area contributed by atoms with E-state index in [4.69, 9.17) is 10.5 Å². The highest BCUT2D eigenvalue weighted by Crippen LogP contribution is 2.14. The topological polar surface area (TPSA) is 48.1 Å². The van der Waals surface area contributed by atoms with Gasteiger partial charge in [-0.05, 0) is 24.6 Å². The number of hydrogen-bond acceptors (Lipinski definition) is 3. The maximum Gasteiger partial charge on any atom is 0.216 e. The van der Waals surface area contributed by atoms with Crippen molar-refractivity contribution >= 4 is 5.69 Å². The van der Waals surface area contributed by atoms with Crippen molar-refractivity contribution in [3.05, 3.63) is 53.7 Å². The SMILES string of the molecule is Cc1cccnc1OCCc1ccccc1N. The molecule has 0 unspecified atom stereocenters. The van der Waals surface area contributed by atoms with Gasteiger partial charge in [-0.2, -0.15) is 0 Å². The van der Waals surface area contributed by atoms with Crippen LogP contribution in [0.3, 0.4) is 0 Å². The molecule has 0 radical (unpaired) electrons. The Bertz CT molecular complexity index is 452. The van der Waals surface area contributed by atoms with Crippen molar-refractivity contribution < 1.29 is 4.74 Å². The van der Waals surface area contributed by atoms with Crippen LogP contribution in [0.5, 0.6) is 5.88 Å². The van der Waals surface area contributed by atoms with Crippen molar-refractivity contribution in [2.24, 2.45) is 0 Å². The molecule has 0 aliphatic carbocycles. The Balaban J connectivity index is 1.93. The van der Waals surface area contributed by atoms with Gasteiger partial charge in [-0.1, -0.05) is 24.3 Å². The number of para-hydroxylation sites is 1. The van der Waals surface area contributed by atoms with Crippen molar-refractivity contribution in [2.45, 2.75) is 13.3 Å². The lowest BCUT2D eigenvalue weighted by Gasteiger charge is -2.08. The molecule has 0 bridgehead atoms. The van der Waals surface area contributed by atoms with Crippen LogP contribution in [0.25, 0.3) is 0 Å². The fourth-order valence-corrected chi connectivity index (χ4v) is 1.64. The van der Waals surface area contributed by atoms with Gasteiger partial charge in [0.05, 0.1) is 6.61 Å². The number of anilines is 1. The molecule has 0 aliphatic rings. The van der Waals surface area contributed by atoms with Crippen LogP contribution in [0.1, 0.15) is 11.1 Å². The Morgan fingerprint density at radius 1 is 1.18 bits per heavy atom. The molecule has 0 atom stereocenters. The van der Waals surface area contributed by atoms with Gasteiger partial charge in [0.2, 0.25) is 5.88 Å². The molecule has 0 saturated carbocycles. The zero-order chi connectivity index (χ0) is 12.1. The van der Waals surface area contributed by atoms with E-state index in [-0.39, 0.29) is 0 Å². The lowest BCUT2D eigenvalue weighted by Crippen LogP contribution is -2.05. The predicted octanol–water partition coefficient (Wildman–Crippen LogP) is 2.59. The van der Waals surface area contributed by atoms with Gasteiger partial charge in [0.1, 0.15) is 0 Å². The number of ether oxygens (including phenoxy) is 1. The minimum atomic E-state index is 0.589. The maximum atomic E-state index is 5.86. The summed E-state index contributed by atoms with van der Waals surface area (Å²) in [6.07, 6.45) is 2.53. The summed E-state index contributed by atoms with van der Waals surface area (Å²) in [5.41, 5.74) is 8.83. The molecule has 0 spiro atoms. The lowest BCUT2D eigenvalue weighted by atomic mass is 10.1. The van der Waals surface area contributed by atoms with E-state index >= 15 is 0 Å². The minimum absolute atomic E-state index is 0.589. The molecular weight excluding hydrogens is 212 g/mol. The molecule has 1 aromatic carbocycles. The van der Waals surface area contributed by atoms with Gasteiger partial charge in [-0.15, -0.1) is 0 Å². The number of nitrogens with zero attached hydrogens (tertiary/aromatic N) is 1. The Morgan fingerprint density at radius 2 is 2.00 bits per heavy atom. The molecular formula is C14H16N2O. The second kappa shape index (κ2) is 5.34. The largest absolute Gasteiger partial charge is 0.477 e. The summed E-state index contributed by atoms with van der Waals surface area (Å²) >= 11 is 0. The van der Waals surface area contributed by atoms with E-state index in [1.54, 1.807) is 6.20 Å². The smallest absolute Gasteiger partial charge is 0.216 e. The van der Waals surface area contributed by atoms with Gasteiger partial charge in [-0.25, -0.2) is 4.98 Å². The van der Waals surface area contributed by atoms with Crippen molar-refractivity contribution in [1.29, 1.82) is 0 Å². The molecule has 88 valence electrons. The van der Waals surface area contributed by atoms with Crippen LogP contribution in [-0.2, 0) is 6.42 Å². The van der Waals surface area contributed by atoms with Crippen LogP contribution < -0.4 is 10.5 Å². The number of nitrogens with two attached hydrogens (primary N) is 1. The molecule has 3 nitrogen and oxygen atoms in total. The van der Waals surface area contributed by atoms with Crippen LogP contribution in [-0.4, -0.2) is 11.6 Å². The van der Waals surface area contributed by atoms with E-state index in [2.05, 4.69) is 4.98 Å². The zero-order valence-electron chi connectivity index (χ0n) is 9.89. The molecule has 0 amide bonds. The monoisotopic (exact) mass is 228 g/mol. The average molecular weight is 228 g/mol. The second-order valence-electron chi connectivity index (χ2n) is 3.92. The third kappa shape index (κ3) is 2.97.